The average Bonchev–Trinajstić information content (AvgIpc) is 3.21. The van der Waals surface area contributed by atoms with Crippen molar-refractivity contribution < 1.29 is 53.1 Å². The molecule has 56 heavy (non-hydrogen) atoms. The summed E-state index contributed by atoms with van der Waals surface area (Å²) in [6, 6.07) is 9.64. The lowest BCUT2D eigenvalue weighted by atomic mass is 9.55. The van der Waals surface area contributed by atoms with E-state index in [2.05, 4.69) is 23.1 Å². The predicted octanol–water partition coefficient (Wildman–Crippen LogP) is 7.06. The number of nitrogens with one attached hydrogen (secondary N) is 1. The van der Waals surface area contributed by atoms with Gasteiger partial charge in [0.15, 0.2) is 0 Å². The molecule has 306 valence electrons. The van der Waals surface area contributed by atoms with E-state index in [1.165, 1.54) is 21.3 Å². The molecule has 0 radical (unpaired) electrons. The maximum absolute atomic E-state index is 13.6. The van der Waals surface area contributed by atoms with Crippen LogP contribution < -0.4 is 24.3 Å². The Kier molecular flexibility index (Phi) is 15.0. The lowest BCUT2D eigenvalue weighted by Gasteiger charge is -2.59. The van der Waals surface area contributed by atoms with Crippen molar-refractivity contribution >= 4 is 23.6 Å². The summed E-state index contributed by atoms with van der Waals surface area (Å²) >= 11 is 0. The second kappa shape index (κ2) is 19.9. The number of hydrogen-bond acceptors (Lipinski definition) is 12. The van der Waals surface area contributed by atoms with Gasteiger partial charge in [0.05, 0.1) is 45.3 Å². The topological polar surface area (TPSA) is 167 Å². The Hall–Kier alpha value is -4.79. The fraction of sp³-hybridized carbons (Fsp3) is 0.548. The number of unbranched alkanes of at least 4 members (excludes halogenated alkanes) is 2. The number of carbonyl (C=O) groups excluding carboxylic acids is 2. The highest BCUT2D eigenvalue weighted by Crippen LogP contribution is 2.62. The molecule has 0 spiro atoms. The number of aliphatic hydroxyl groups excluding tert-OH is 2. The Bertz CT molecular complexity index is 1730. The predicted molar refractivity (Wildman–Crippen MR) is 211 cm³/mol. The van der Waals surface area contributed by atoms with Gasteiger partial charge in [-0.05, 0) is 79.8 Å². The van der Waals surface area contributed by atoms with Gasteiger partial charge in [0, 0.05) is 43.7 Å². The zero-order valence-corrected chi connectivity index (χ0v) is 33.2. The zero-order chi connectivity index (χ0) is 40.2. The quantitative estimate of drug-likeness (QED) is 0.0759. The molecule has 0 unspecified atom stereocenters. The van der Waals surface area contributed by atoms with Crippen LogP contribution in [-0.2, 0) is 14.3 Å². The van der Waals surface area contributed by atoms with Crippen LogP contribution in [0.1, 0.15) is 69.8 Å². The summed E-state index contributed by atoms with van der Waals surface area (Å²) in [6.07, 6.45) is 7.98. The highest BCUT2D eigenvalue weighted by molar-refractivity contribution is 6.03. The Morgan fingerprint density at radius 3 is 2.43 bits per heavy atom. The molecule has 14 nitrogen and oxygen atoms in total. The third-order valence-electron chi connectivity index (χ3n) is 11.0. The summed E-state index contributed by atoms with van der Waals surface area (Å²) < 4.78 is 36.0. The van der Waals surface area contributed by atoms with Crippen LogP contribution in [0.3, 0.4) is 0 Å². The molecule has 2 aromatic rings. The first-order valence-corrected chi connectivity index (χ1v) is 19.4. The number of aliphatic hydroxyl groups is 2. The lowest BCUT2D eigenvalue weighted by Crippen LogP contribution is -2.70. The van der Waals surface area contributed by atoms with Gasteiger partial charge in [-0.1, -0.05) is 37.1 Å². The number of rotatable bonds is 19. The standard InChI is InChI=1S/C42H57N3O11/c1-7-19-45(41(49)52-5)37-26-34(44-53-6)31-23-27(13-9-11-20-46)30(14-10-12-21-47)38-32-24-29(16-18-35(32)56-42(37,39(31)38)54-22-8-2)55-40(48)43-33-17-15-28(50-3)25-36(33)51-4/h8,15-18,23-25,27,30,37-39,46-47H,2,7,9-14,19-22,26H2,1,3-6H3,(H,43,48)/t27-,30+,37-,38+,39+,42+/m0/s1. The van der Waals surface area contributed by atoms with Crippen LogP contribution in [0, 0.1) is 17.8 Å². The Balaban J connectivity index is 1.69. The molecule has 5 rings (SSSR count). The Morgan fingerprint density at radius 2 is 1.77 bits per heavy atom. The van der Waals surface area contributed by atoms with E-state index in [-0.39, 0.29) is 44.0 Å². The van der Waals surface area contributed by atoms with Crippen LogP contribution in [0.4, 0.5) is 15.3 Å². The summed E-state index contributed by atoms with van der Waals surface area (Å²) in [5.41, 5.74) is 2.78. The van der Waals surface area contributed by atoms with Crippen molar-refractivity contribution in [2.75, 3.05) is 60.1 Å². The molecule has 2 amide bonds. The summed E-state index contributed by atoms with van der Waals surface area (Å²) in [7, 11) is 5.91. The van der Waals surface area contributed by atoms with E-state index in [4.69, 9.17) is 33.3 Å². The van der Waals surface area contributed by atoms with Gasteiger partial charge in [0.1, 0.15) is 36.1 Å². The second-order valence-electron chi connectivity index (χ2n) is 14.2. The van der Waals surface area contributed by atoms with Crippen molar-refractivity contribution in [3.63, 3.8) is 0 Å². The van der Waals surface area contributed by atoms with Crippen LogP contribution in [-0.4, -0.2) is 99.6 Å². The number of benzene rings is 2. The van der Waals surface area contributed by atoms with Crippen LogP contribution in [0.5, 0.6) is 23.0 Å². The van der Waals surface area contributed by atoms with Gasteiger partial charge in [-0.3, -0.25) is 10.2 Å². The SMILES string of the molecule is C=CCO[C@@]12Oc3ccc(OC(=O)Nc4ccc(OC)cc4OC)cc3[C@H]3[C@H](CCCCO)[C@@H](CCCCO)C=C(C(=NOC)C[C@@H]1N(CCC)C(=O)OC)[C@H]32. The Morgan fingerprint density at radius 1 is 1.02 bits per heavy atom. The van der Waals surface area contributed by atoms with Crippen molar-refractivity contribution in [3.8, 4) is 23.0 Å². The first-order chi connectivity index (χ1) is 27.2. The first-order valence-electron chi connectivity index (χ1n) is 19.4. The maximum atomic E-state index is 13.6. The highest BCUT2D eigenvalue weighted by Gasteiger charge is 2.65. The third kappa shape index (κ3) is 8.92. The molecule has 1 aliphatic heterocycles. The van der Waals surface area contributed by atoms with Crippen molar-refractivity contribution in [3.05, 3.63) is 66.3 Å². The van der Waals surface area contributed by atoms with Gasteiger partial charge < -0.3 is 43.5 Å². The zero-order valence-electron chi connectivity index (χ0n) is 33.2. The van der Waals surface area contributed by atoms with Crippen molar-refractivity contribution in [1.82, 2.24) is 4.90 Å². The molecule has 3 N–H and O–H groups in total. The second-order valence-corrected chi connectivity index (χ2v) is 14.2. The van der Waals surface area contributed by atoms with Crippen LogP contribution >= 0.6 is 0 Å². The first kappa shape index (κ1) is 42.4. The largest absolute Gasteiger partial charge is 0.497 e. The maximum Gasteiger partial charge on any atom is 0.417 e. The fourth-order valence-corrected chi connectivity index (χ4v) is 8.70. The lowest BCUT2D eigenvalue weighted by molar-refractivity contribution is -0.255. The molecular weight excluding hydrogens is 722 g/mol. The molecule has 0 saturated heterocycles. The Labute approximate surface area is 329 Å². The monoisotopic (exact) mass is 779 g/mol. The van der Waals surface area contributed by atoms with E-state index in [0.29, 0.717) is 60.2 Å². The van der Waals surface area contributed by atoms with Crippen molar-refractivity contribution in [2.24, 2.45) is 22.9 Å². The van der Waals surface area contributed by atoms with Crippen molar-refractivity contribution in [2.45, 2.75) is 76.0 Å². The fourth-order valence-electron chi connectivity index (χ4n) is 8.70. The molecule has 0 aromatic heterocycles. The number of oxime groups is 1. The normalized spacial score (nSPS) is 24.1. The molecular formula is C42H57N3O11. The summed E-state index contributed by atoms with van der Waals surface area (Å²) in [5.74, 6) is -0.380. The number of amides is 2. The van der Waals surface area contributed by atoms with E-state index in [9.17, 15) is 19.8 Å². The van der Waals surface area contributed by atoms with E-state index >= 15 is 0 Å². The van der Waals surface area contributed by atoms with E-state index in [1.54, 1.807) is 48.4 Å². The summed E-state index contributed by atoms with van der Waals surface area (Å²) in [6.45, 7) is 6.59. The number of carbonyl (C=O) groups is 2. The average molecular weight is 780 g/mol. The number of ether oxygens (including phenoxy) is 6. The molecule has 6 atom stereocenters. The number of methoxy groups -OCH3 is 3. The third-order valence-corrected chi connectivity index (χ3v) is 11.0. The van der Waals surface area contributed by atoms with Crippen LogP contribution in [0.15, 0.2) is 65.9 Å². The van der Waals surface area contributed by atoms with Gasteiger partial charge in [-0.15, -0.1) is 6.58 Å². The molecule has 2 aromatic carbocycles. The summed E-state index contributed by atoms with van der Waals surface area (Å²) in [5, 5.41) is 26.9. The molecule has 1 heterocycles. The smallest absolute Gasteiger partial charge is 0.417 e. The van der Waals surface area contributed by atoms with E-state index in [0.717, 1.165) is 36.8 Å². The molecule has 3 aliphatic rings. The minimum atomic E-state index is -1.41. The van der Waals surface area contributed by atoms with Crippen LogP contribution in [0.2, 0.25) is 0 Å². The number of allylic oxidation sites excluding steroid dienone is 1. The molecule has 1 saturated carbocycles. The van der Waals surface area contributed by atoms with Gasteiger partial charge in [0.25, 0.3) is 0 Å². The van der Waals surface area contributed by atoms with E-state index < -0.39 is 29.9 Å². The molecule has 14 heteroatoms. The number of nitrogens with zero attached hydrogens (tertiary/aromatic N) is 2. The minimum Gasteiger partial charge on any atom is -0.497 e. The van der Waals surface area contributed by atoms with Gasteiger partial charge in [-0.2, -0.15) is 0 Å². The number of hydrogen-bond donors (Lipinski definition) is 3. The molecule has 1 fully saturated rings. The summed E-state index contributed by atoms with van der Waals surface area (Å²) in [4.78, 5) is 34.1. The number of fused-ring (bicyclic) bond motifs is 2. The van der Waals surface area contributed by atoms with Crippen molar-refractivity contribution in [1.29, 1.82) is 0 Å². The van der Waals surface area contributed by atoms with Crippen LogP contribution in [0.25, 0.3) is 0 Å². The van der Waals surface area contributed by atoms with Gasteiger partial charge in [0.2, 0.25) is 5.79 Å². The molecule has 0 bridgehead atoms. The van der Waals surface area contributed by atoms with Gasteiger partial charge >= 0.3 is 12.2 Å². The number of anilines is 1. The van der Waals surface area contributed by atoms with Gasteiger partial charge in [-0.25, -0.2) is 9.59 Å². The van der Waals surface area contributed by atoms with E-state index in [1.807, 2.05) is 13.0 Å². The molecule has 2 aliphatic carbocycles. The highest BCUT2D eigenvalue weighted by atomic mass is 16.7. The minimum absolute atomic E-state index is 0.00344.